The number of aromatic carboxylic acids is 1. The fourth-order valence-electron chi connectivity index (χ4n) is 2.88. The number of carboxylic acid groups (broad SMARTS) is 1. The summed E-state index contributed by atoms with van der Waals surface area (Å²) in [5, 5.41) is 12.8. The van der Waals surface area contributed by atoms with Crippen LogP contribution in [-0.2, 0) is 29.5 Å². The van der Waals surface area contributed by atoms with Crippen molar-refractivity contribution in [1.82, 2.24) is 14.1 Å². The summed E-state index contributed by atoms with van der Waals surface area (Å²) in [6.45, 7) is -1.01. The Morgan fingerprint density at radius 3 is 2.73 bits per heavy atom. The first-order valence-corrected chi connectivity index (χ1v) is 8.98. The van der Waals surface area contributed by atoms with Crippen molar-refractivity contribution in [2.45, 2.75) is 30.8 Å². The first-order chi connectivity index (χ1) is 12.2. The van der Waals surface area contributed by atoms with Crippen LogP contribution >= 0.6 is 0 Å². The standard InChI is InChI=1S/C15H14F3N3O4S/c16-12-2-1-9-3-4-21(7-11(9)14(12)15(22)23)26(24,25)10-5-19-20(6-10)8-13(17)18/h1-2,5-6,13H,3-4,7-8H2,(H,22,23). The monoisotopic (exact) mass is 389 g/mol. The van der Waals surface area contributed by atoms with Crippen LogP contribution in [0.3, 0.4) is 0 Å². The van der Waals surface area contributed by atoms with Gasteiger partial charge in [0.25, 0.3) is 6.43 Å². The quantitative estimate of drug-likeness (QED) is 0.841. The fourth-order valence-corrected chi connectivity index (χ4v) is 4.25. The molecule has 0 fully saturated rings. The largest absolute Gasteiger partial charge is 0.478 e. The summed E-state index contributed by atoms with van der Waals surface area (Å²) in [5.41, 5.74) is 0.0896. The van der Waals surface area contributed by atoms with Crippen LogP contribution in [0.15, 0.2) is 29.4 Å². The van der Waals surface area contributed by atoms with Crippen molar-refractivity contribution >= 4 is 16.0 Å². The third-order valence-corrected chi connectivity index (χ3v) is 5.91. The highest BCUT2D eigenvalue weighted by atomic mass is 32.2. The molecular weight excluding hydrogens is 375 g/mol. The molecule has 0 saturated carbocycles. The lowest BCUT2D eigenvalue weighted by Gasteiger charge is -2.28. The van der Waals surface area contributed by atoms with Crippen LogP contribution in [0.5, 0.6) is 0 Å². The predicted octanol–water partition coefficient (Wildman–Crippen LogP) is 1.73. The number of carbonyl (C=O) groups is 1. The number of benzene rings is 1. The highest BCUT2D eigenvalue weighted by molar-refractivity contribution is 7.89. The number of rotatable bonds is 5. The Morgan fingerprint density at radius 1 is 1.35 bits per heavy atom. The molecule has 0 unspecified atom stereocenters. The maximum atomic E-state index is 13.9. The third kappa shape index (κ3) is 3.31. The van der Waals surface area contributed by atoms with Gasteiger partial charge in [-0.3, -0.25) is 4.68 Å². The molecule has 26 heavy (non-hydrogen) atoms. The molecule has 0 atom stereocenters. The average molecular weight is 389 g/mol. The first-order valence-electron chi connectivity index (χ1n) is 7.54. The highest BCUT2D eigenvalue weighted by Crippen LogP contribution is 2.28. The summed E-state index contributed by atoms with van der Waals surface area (Å²) >= 11 is 0. The van der Waals surface area contributed by atoms with Crippen LogP contribution in [-0.4, -0.2) is 46.5 Å². The molecule has 1 aromatic carbocycles. The lowest BCUT2D eigenvalue weighted by Crippen LogP contribution is -2.37. The van der Waals surface area contributed by atoms with Gasteiger partial charge in [-0.2, -0.15) is 9.40 Å². The third-order valence-electron chi connectivity index (χ3n) is 4.11. The molecule has 1 aromatic heterocycles. The zero-order valence-electron chi connectivity index (χ0n) is 13.3. The Balaban J connectivity index is 1.93. The normalized spacial score (nSPS) is 15.2. The van der Waals surface area contributed by atoms with E-state index in [9.17, 15) is 31.5 Å². The van der Waals surface area contributed by atoms with Gasteiger partial charge in [-0.05, 0) is 23.6 Å². The summed E-state index contributed by atoms with van der Waals surface area (Å²) in [5.74, 6) is -2.43. The van der Waals surface area contributed by atoms with Gasteiger partial charge < -0.3 is 5.11 Å². The maximum absolute atomic E-state index is 13.9. The van der Waals surface area contributed by atoms with E-state index in [-0.39, 0.29) is 30.0 Å². The van der Waals surface area contributed by atoms with Gasteiger partial charge in [-0.25, -0.2) is 26.4 Å². The molecule has 0 aliphatic carbocycles. The van der Waals surface area contributed by atoms with Gasteiger partial charge in [0.2, 0.25) is 10.0 Å². The van der Waals surface area contributed by atoms with Crippen LogP contribution < -0.4 is 0 Å². The zero-order chi connectivity index (χ0) is 19.1. The van der Waals surface area contributed by atoms with Crippen molar-refractivity contribution in [2.24, 2.45) is 0 Å². The van der Waals surface area contributed by atoms with Crippen LogP contribution in [0.4, 0.5) is 13.2 Å². The lowest BCUT2D eigenvalue weighted by molar-refractivity contribution is 0.0689. The number of fused-ring (bicyclic) bond motifs is 1. The first kappa shape index (κ1) is 18.4. The molecule has 0 bridgehead atoms. The van der Waals surface area contributed by atoms with Crippen molar-refractivity contribution in [3.63, 3.8) is 0 Å². The topological polar surface area (TPSA) is 92.5 Å². The van der Waals surface area contributed by atoms with Crippen molar-refractivity contribution < 1.29 is 31.5 Å². The zero-order valence-corrected chi connectivity index (χ0v) is 14.1. The minimum absolute atomic E-state index is 0.0556. The Bertz CT molecular complexity index is 959. The van der Waals surface area contributed by atoms with Crippen LogP contribution in [0.2, 0.25) is 0 Å². The van der Waals surface area contributed by atoms with E-state index in [1.54, 1.807) is 0 Å². The van der Waals surface area contributed by atoms with Crippen molar-refractivity contribution in [2.75, 3.05) is 6.54 Å². The van der Waals surface area contributed by atoms with Gasteiger partial charge in [0.15, 0.2) is 0 Å². The van der Waals surface area contributed by atoms with Gasteiger partial charge in [0.05, 0.1) is 11.8 Å². The van der Waals surface area contributed by atoms with E-state index < -0.39 is 40.3 Å². The molecule has 0 radical (unpaired) electrons. The molecule has 7 nitrogen and oxygen atoms in total. The van der Waals surface area contributed by atoms with Gasteiger partial charge in [-0.15, -0.1) is 0 Å². The molecule has 1 N–H and O–H groups in total. The summed E-state index contributed by atoms with van der Waals surface area (Å²) in [6.07, 6.45) is -0.536. The van der Waals surface area contributed by atoms with Crippen LogP contribution in [0.25, 0.3) is 0 Å². The summed E-state index contributed by atoms with van der Waals surface area (Å²) < 4.78 is 65.9. The predicted molar refractivity (Wildman–Crippen MR) is 82.9 cm³/mol. The van der Waals surface area contributed by atoms with E-state index in [1.165, 1.54) is 6.07 Å². The Hall–Kier alpha value is -2.40. The Morgan fingerprint density at radius 2 is 2.08 bits per heavy atom. The van der Waals surface area contributed by atoms with Crippen molar-refractivity contribution in [3.8, 4) is 0 Å². The minimum Gasteiger partial charge on any atom is -0.478 e. The van der Waals surface area contributed by atoms with E-state index in [1.807, 2.05) is 0 Å². The number of sulfonamides is 1. The summed E-state index contributed by atoms with van der Waals surface area (Å²) in [4.78, 5) is 11.1. The minimum atomic E-state index is -4.09. The number of carboxylic acids is 1. The SMILES string of the molecule is O=C(O)c1c(F)ccc2c1CN(S(=O)(=O)c1cnn(CC(F)F)c1)CC2. The Labute approximate surface area is 146 Å². The molecule has 2 aromatic rings. The van der Waals surface area contributed by atoms with E-state index in [0.29, 0.717) is 5.56 Å². The van der Waals surface area contributed by atoms with Crippen molar-refractivity contribution in [1.29, 1.82) is 0 Å². The molecule has 140 valence electrons. The molecule has 0 spiro atoms. The molecule has 0 saturated heterocycles. The maximum Gasteiger partial charge on any atom is 0.339 e. The Kier molecular flexibility index (Phi) is 4.76. The second-order valence-electron chi connectivity index (χ2n) is 5.74. The second kappa shape index (κ2) is 6.72. The molecule has 11 heteroatoms. The number of halogens is 3. The van der Waals surface area contributed by atoms with Crippen molar-refractivity contribution in [3.05, 3.63) is 47.0 Å². The highest BCUT2D eigenvalue weighted by Gasteiger charge is 2.32. The number of hydrogen-bond donors (Lipinski definition) is 1. The molecule has 1 aliphatic heterocycles. The van der Waals surface area contributed by atoms with E-state index in [4.69, 9.17) is 0 Å². The number of alkyl halides is 2. The molecule has 3 rings (SSSR count). The van der Waals surface area contributed by atoms with Crippen LogP contribution in [0, 0.1) is 5.82 Å². The van der Waals surface area contributed by atoms with E-state index in [2.05, 4.69) is 5.10 Å². The van der Waals surface area contributed by atoms with E-state index in [0.717, 1.165) is 27.4 Å². The van der Waals surface area contributed by atoms with Gasteiger partial charge in [0.1, 0.15) is 17.3 Å². The number of nitrogens with zero attached hydrogens (tertiary/aromatic N) is 3. The smallest absolute Gasteiger partial charge is 0.339 e. The number of hydrogen-bond acceptors (Lipinski definition) is 4. The van der Waals surface area contributed by atoms with Crippen LogP contribution in [0.1, 0.15) is 21.5 Å². The summed E-state index contributed by atoms with van der Waals surface area (Å²) in [7, 11) is -4.09. The van der Waals surface area contributed by atoms with Gasteiger partial charge in [0, 0.05) is 19.3 Å². The summed E-state index contributed by atoms with van der Waals surface area (Å²) in [6, 6.07) is 2.47. The lowest BCUT2D eigenvalue weighted by atomic mass is 9.95. The second-order valence-corrected chi connectivity index (χ2v) is 7.68. The molecular formula is C15H14F3N3O4S. The molecule has 0 amide bonds. The molecule has 2 heterocycles. The molecule has 1 aliphatic rings. The van der Waals surface area contributed by atoms with E-state index >= 15 is 0 Å². The number of aromatic nitrogens is 2. The average Bonchev–Trinajstić information content (AvgIpc) is 3.02. The fraction of sp³-hybridized carbons (Fsp3) is 0.333. The van der Waals surface area contributed by atoms with Gasteiger partial charge >= 0.3 is 5.97 Å². The van der Waals surface area contributed by atoms with Gasteiger partial charge in [-0.1, -0.05) is 6.07 Å².